The van der Waals surface area contributed by atoms with Gasteiger partial charge in [-0.2, -0.15) is 0 Å². The third-order valence-electron chi connectivity index (χ3n) is 4.69. The first kappa shape index (κ1) is 14.9. The normalized spacial score (nSPS) is 15.2. The van der Waals surface area contributed by atoms with Gasteiger partial charge in [0.25, 0.3) is 5.91 Å². The molecule has 0 saturated carbocycles. The average Bonchev–Trinajstić information content (AvgIpc) is 3.24. The van der Waals surface area contributed by atoms with Gasteiger partial charge in [-0.3, -0.25) is 9.69 Å². The van der Waals surface area contributed by atoms with Crippen molar-refractivity contribution >= 4 is 16.9 Å². The molecule has 0 aliphatic carbocycles. The second kappa shape index (κ2) is 6.09. The van der Waals surface area contributed by atoms with E-state index >= 15 is 0 Å². The van der Waals surface area contributed by atoms with Crippen LogP contribution in [-0.2, 0) is 6.54 Å². The van der Waals surface area contributed by atoms with Crippen LogP contribution in [0.15, 0.2) is 42.7 Å². The van der Waals surface area contributed by atoms with Gasteiger partial charge in [0.05, 0.1) is 5.56 Å². The number of pyridine rings is 1. The highest BCUT2D eigenvalue weighted by Gasteiger charge is 2.13. The predicted molar refractivity (Wildman–Crippen MR) is 94.6 cm³/mol. The lowest BCUT2D eigenvalue weighted by Crippen LogP contribution is -2.18. The van der Waals surface area contributed by atoms with Crippen LogP contribution in [0, 0.1) is 0 Å². The molecule has 0 radical (unpaired) electrons. The monoisotopic (exact) mass is 320 g/mol. The number of primary amides is 1. The van der Waals surface area contributed by atoms with Gasteiger partial charge < -0.3 is 10.7 Å². The van der Waals surface area contributed by atoms with Crippen LogP contribution >= 0.6 is 0 Å². The van der Waals surface area contributed by atoms with Crippen LogP contribution < -0.4 is 5.73 Å². The van der Waals surface area contributed by atoms with Gasteiger partial charge in [-0.1, -0.05) is 24.3 Å². The Morgan fingerprint density at radius 3 is 2.62 bits per heavy atom. The van der Waals surface area contributed by atoms with Gasteiger partial charge in [-0.15, -0.1) is 0 Å². The molecule has 5 nitrogen and oxygen atoms in total. The second-order valence-electron chi connectivity index (χ2n) is 6.37. The smallest absolute Gasteiger partial charge is 0.250 e. The number of aromatic nitrogens is 2. The average molecular weight is 320 g/mol. The van der Waals surface area contributed by atoms with E-state index in [-0.39, 0.29) is 0 Å². The summed E-state index contributed by atoms with van der Waals surface area (Å²) in [5, 5.41) is 0.765. The molecule has 24 heavy (non-hydrogen) atoms. The van der Waals surface area contributed by atoms with Crippen LogP contribution in [0.25, 0.3) is 22.2 Å². The quantitative estimate of drug-likeness (QED) is 0.776. The zero-order valence-electron chi connectivity index (χ0n) is 13.5. The number of aromatic amines is 1. The first-order chi connectivity index (χ1) is 11.7. The first-order valence-corrected chi connectivity index (χ1v) is 8.29. The summed E-state index contributed by atoms with van der Waals surface area (Å²) in [7, 11) is 0. The van der Waals surface area contributed by atoms with Crippen LogP contribution in [0.4, 0.5) is 0 Å². The Kier molecular flexibility index (Phi) is 3.78. The highest BCUT2D eigenvalue weighted by Crippen LogP contribution is 2.25. The summed E-state index contributed by atoms with van der Waals surface area (Å²) in [5.41, 5.74) is 9.98. The number of nitrogens with zero attached hydrogens (tertiary/aromatic N) is 2. The van der Waals surface area contributed by atoms with Gasteiger partial charge >= 0.3 is 0 Å². The number of hydrogen-bond donors (Lipinski definition) is 2. The third kappa shape index (κ3) is 2.78. The van der Waals surface area contributed by atoms with Crippen molar-refractivity contribution in [2.24, 2.45) is 5.73 Å². The van der Waals surface area contributed by atoms with Gasteiger partial charge in [-0.05, 0) is 43.1 Å². The maximum atomic E-state index is 11.5. The van der Waals surface area contributed by atoms with Gasteiger partial charge in [0, 0.05) is 29.9 Å². The molecule has 1 aromatic carbocycles. The summed E-state index contributed by atoms with van der Waals surface area (Å²) >= 11 is 0. The Hall–Kier alpha value is -2.66. The van der Waals surface area contributed by atoms with E-state index in [1.165, 1.54) is 31.5 Å². The molecule has 1 amide bonds. The Bertz CT molecular complexity index is 876. The maximum Gasteiger partial charge on any atom is 0.250 e. The van der Waals surface area contributed by atoms with Gasteiger partial charge in [0.2, 0.25) is 0 Å². The van der Waals surface area contributed by atoms with Crippen molar-refractivity contribution in [1.82, 2.24) is 14.9 Å². The molecule has 0 unspecified atom stereocenters. The summed E-state index contributed by atoms with van der Waals surface area (Å²) in [6, 6.07) is 10.5. The molecular weight excluding hydrogens is 300 g/mol. The number of carbonyl (C=O) groups is 1. The van der Waals surface area contributed by atoms with E-state index in [0.29, 0.717) is 11.2 Å². The maximum absolute atomic E-state index is 11.5. The van der Waals surface area contributed by atoms with E-state index < -0.39 is 5.91 Å². The Morgan fingerprint density at radius 1 is 1.17 bits per heavy atom. The molecule has 1 saturated heterocycles. The molecule has 3 aromatic rings. The fourth-order valence-electron chi connectivity index (χ4n) is 3.37. The second-order valence-corrected chi connectivity index (χ2v) is 6.37. The first-order valence-electron chi connectivity index (χ1n) is 8.29. The zero-order valence-corrected chi connectivity index (χ0v) is 13.5. The number of hydrogen-bond acceptors (Lipinski definition) is 3. The van der Waals surface area contributed by atoms with Crippen molar-refractivity contribution < 1.29 is 4.79 Å². The minimum atomic E-state index is -0.443. The highest BCUT2D eigenvalue weighted by molar-refractivity contribution is 6.05. The topological polar surface area (TPSA) is 75.0 Å². The van der Waals surface area contributed by atoms with E-state index in [4.69, 9.17) is 5.73 Å². The molecule has 1 aliphatic heterocycles. The highest BCUT2D eigenvalue weighted by atomic mass is 16.1. The molecule has 0 atom stereocenters. The SMILES string of the molecule is NC(=O)c1c[nH]c2ncc(-c3ccc(CN4CCCC4)cc3)cc12. The summed E-state index contributed by atoms with van der Waals surface area (Å²) in [6.07, 6.45) is 6.05. The summed E-state index contributed by atoms with van der Waals surface area (Å²) in [4.78, 5) is 21.4. The van der Waals surface area contributed by atoms with Crippen LogP contribution in [0.1, 0.15) is 28.8 Å². The third-order valence-corrected chi connectivity index (χ3v) is 4.69. The predicted octanol–water partition coefficient (Wildman–Crippen LogP) is 2.92. The van der Waals surface area contributed by atoms with Gasteiger partial charge in [-0.25, -0.2) is 4.98 Å². The van der Waals surface area contributed by atoms with E-state index in [1.807, 2.05) is 12.3 Å². The molecule has 3 heterocycles. The number of rotatable bonds is 4. The van der Waals surface area contributed by atoms with E-state index in [0.717, 1.165) is 23.1 Å². The molecule has 0 bridgehead atoms. The number of fused-ring (bicyclic) bond motifs is 1. The van der Waals surface area contributed by atoms with Crippen molar-refractivity contribution in [2.75, 3.05) is 13.1 Å². The van der Waals surface area contributed by atoms with E-state index in [2.05, 4.69) is 39.1 Å². The van der Waals surface area contributed by atoms with E-state index in [9.17, 15) is 4.79 Å². The summed E-state index contributed by atoms with van der Waals surface area (Å²) in [6.45, 7) is 3.42. The van der Waals surface area contributed by atoms with Crippen molar-refractivity contribution in [3.63, 3.8) is 0 Å². The van der Waals surface area contributed by atoms with Crippen LogP contribution in [0.3, 0.4) is 0 Å². The van der Waals surface area contributed by atoms with Gasteiger partial charge in [0.15, 0.2) is 0 Å². The minimum Gasteiger partial charge on any atom is -0.366 e. The number of amides is 1. The number of nitrogens with two attached hydrogens (primary N) is 1. The molecule has 5 heteroatoms. The Morgan fingerprint density at radius 2 is 1.92 bits per heavy atom. The van der Waals surface area contributed by atoms with Crippen molar-refractivity contribution in [1.29, 1.82) is 0 Å². The Balaban J connectivity index is 1.61. The zero-order chi connectivity index (χ0) is 16.5. The fourth-order valence-corrected chi connectivity index (χ4v) is 3.37. The number of H-pyrrole nitrogens is 1. The van der Waals surface area contributed by atoms with Crippen LogP contribution in [0.5, 0.6) is 0 Å². The standard InChI is InChI=1S/C19H20N4O/c20-18(24)17-11-22-19-16(17)9-15(10-21-19)14-5-3-13(4-6-14)12-23-7-1-2-8-23/h3-6,9-11H,1-2,7-8,12H2,(H2,20,24)(H,21,22). The summed E-state index contributed by atoms with van der Waals surface area (Å²) < 4.78 is 0. The lowest BCUT2D eigenvalue weighted by Gasteiger charge is -2.14. The van der Waals surface area contributed by atoms with Crippen molar-refractivity contribution in [3.05, 3.63) is 53.9 Å². The molecule has 2 aromatic heterocycles. The molecule has 1 aliphatic rings. The van der Waals surface area contributed by atoms with Crippen molar-refractivity contribution in [3.8, 4) is 11.1 Å². The molecule has 122 valence electrons. The molecule has 0 spiro atoms. The largest absolute Gasteiger partial charge is 0.366 e. The number of nitrogens with one attached hydrogen (secondary N) is 1. The van der Waals surface area contributed by atoms with E-state index in [1.54, 1.807) is 6.20 Å². The van der Waals surface area contributed by atoms with Crippen LogP contribution in [0.2, 0.25) is 0 Å². The lowest BCUT2D eigenvalue weighted by molar-refractivity contribution is 0.100. The van der Waals surface area contributed by atoms with Gasteiger partial charge in [0.1, 0.15) is 5.65 Å². The molecule has 3 N–H and O–H groups in total. The molecule has 1 fully saturated rings. The number of benzene rings is 1. The minimum absolute atomic E-state index is 0.443. The van der Waals surface area contributed by atoms with Crippen LogP contribution in [-0.4, -0.2) is 33.9 Å². The summed E-state index contributed by atoms with van der Waals surface area (Å²) in [5.74, 6) is -0.443. The lowest BCUT2D eigenvalue weighted by atomic mass is 10.0. The fraction of sp³-hybridized carbons (Fsp3) is 0.263. The number of likely N-dealkylation sites (tertiary alicyclic amines) is 1. The van der Waals surface area contributed by atoms with Crippen molar-refractivity contribution in [2.45, 2.75) is 19.4 Å². The molecular formula is C19H20N4O. The Labute approximate surface area is 140 Å². The number of carbonyl (C=O) groups excluding carboxylic acids is 1. The molecule has 4 rings (SSSR count).